The molecular formula is C9H6Cl2O3. The van der Waals surface area contributed by atoms with E-state index in [9.17, 15) is 4.79 Å². The third-order valence-corrected chi connectivity index (χ3v) is 2.24. The highest BCUT2D eigenvalue weighted by Gasteiger charge is 2.20. The summed E-state index contributed by atoms with van der Waals surface area (Å²) in [6.45, 7) is 0.856. The molecular weight excluding hydrogens is 227 g/mol. The van der Waals surface area contributed by atoms with Crippen molar-refractivity contribution >= 4 is 28.4 Å². The van der Waals surface area contributed by atoms with Gasteiger partial charge in [0.25, 0.3) is 5.24 Å². The Bertz CT molecular complexity index is 390. The first-order valence-corrected chi connectivity index (χ1v) is 4.73. The van der Waals surface area contributed by atoms with Crippen molar-refractivity contribution in [3.8, 4) is 11.5 Å². The molecule has 0 radical (unpaired) electrons. The Balaban J connectivity index is 2.58. The molecule has 0 bridgehead atoms. The first kappa shape index (κ1) is 9.62. The van der Waals surface area contributed by atoms with Crippen LogP contribution in [0.4, 0.5) is 0 Å². The van der Waals surface area contributed by atoms with Crippen molar-refractivity contribution in [2.75, 3.05) is 13.2 Å². The number of hydrogen-bond acceptors (Lipinski definition) is 3. The van der Waals surface area contributed by atoms with Crippen molar-refractivity contribution in [1.29, 1.82) is 0 Å². The maximum atomic E-state index is 11.0. The fourth-order valence-electron chi connectivity index (χ4n) is 1.27. The zero-order valence-electron chi connectivity index (χ0n) is 7.05. The highest BCUT2D eigenvalue weighted by atomic mass is 35.5. The average molecular weight is 233 g/mol. The van der Waals surface area contributed by atoms with Gasteiger partial charge in [-0.15, -0.1) is 0 Å². The van der Waals surface area contributed by atoms with Gasteiger partial charge in [0.15, 0.2) is 11.5 Å². The molecule has 1 aromatic rings. The fourth-order valence-corrected chi connectivity index (χ4v) is 1.61. The van der Waals surface area contributed by atoms with E-state index in [2.05, 4.69) is 0 Å². The van der Waals surface area contributed by atoms with Gasteiger partial charge in [0.05, 0.1) is 5.56 Å². The molecule has 0 N–H and O–H groups in total. The summed E-state index contributed by atoms with van der Waals surface area (Å²) in [5, 5.41) is -0.201. The summed E-state index contributed by atoms with van der Waals surface area (Å²) < 4.78 is 10.6. The molecule has 5 heteroatoms. The molecule has 0 atom stereocenters. The van der Waals surface area contributed by atoms with Gasteiger partial charge in [-0.2, -0.15) is 0 Å². The van der Waals surface area contributed by atoms with Crippen LogP contribution in [-0.4, -0.2) is 18.5 Å². The largest absolute Gasteiger partial charge is 0.486 e. The molecule has 0 fully saturated rings. The molecule has 1 aliphatic heterocycles. The van der Waals surface area contributed by atoms with Crippen LogP contribution in [0.15, 0.2) is 12.1 Å². The molecule has 1 heterocycles. The SMILES string of the molecule is O=C(Cl)c1cc(Cl)cc2c1OCCO2. The number of rotatable bonds is 1. The summed E-state index contributed by atoms with van der Waals surface area (Å²) in [7, 11) is 0. The molecule has 3 nitrogen and oxygen atoms in total. The third kappa shape index (κ3) is 1.65. The van der Waals surface area contributed by atoms with Crippen LogP contribution in [0.3, 0.4) is 0 Å². The smallest absolute Gasteiger partial charge is 0.256 e. The Morgan fingerprint density at radius 1 is 1.29 bits per heavy atom. The second-order valence-electron chi connectivity index (χ2n) is 2.75. The summed E-state index contributed by atoms with van der Waals surface area (Å²) in [6, 6.07) is 3.06. The zero-order chi connectivity index (χ0) is 10.1. The van der Waals surface area contributed by atoms with Gasteiger partial charge in [-0.1, -0.05) is 11.6 Å². The van der Waals surface area contributed by atoms with Crippen LogP contribution >= 0.6 is 23.2 Å². The predicted octanol–water partition coefficient (Wildman–Crippen LogP) is 2.49. The Morgan fingerprint density at radius 3 is 2.71 bits per heavy atom. The maximum absolute atomic E-state index is 11.0. The van der Waals surface area contributed by atoms with Crippen molar-refractivity contribution in [3.05, 3.63) is 22.7 Å². The van der Waals surface area contributed by atoms with E-state index in [0.29, 0.717) is 29.7 Å². The molecule has 0 aromatic heterocycles. The lowest BCUT2D eigenvalue weighted by molar-refractivity contribution is 0.107. The molecule has 1 aliphatic rings. The minimum absolute atomic E-state index is 0.244. The number of hydrogen-bond donors (Lipinski definition) is 0. The summed E-state index contributed by atoms with van der Waals surface area (Å²) in [5.41, 5.74) is 0.244. The first-order chi connectivity index (χ1) is 6.68. The summed E-state index contributed by atoms with van der Waals surface area (Å²) in [6.07, 6.45) is 0. The van der Waals surface area contributed by atoms with Crippen LogP contribution in [0, 0.1) is 0 Å². The highest BCUT2D eigenvalue weighted by Crippen LogP contribution is 2.37. The summed E-state index contributed by atoms with van der Waals surface area (Å²) in [5.74, 6) is 0.841. The Kier molecular flexibility index (Phi) is 2.52. The number of carbonyl (C=O) groups is 1. The minimum Gasteiger partial charge on any atom is -0.486 e. The summed E-state index contributed by atoms with van der Waals surface area (Å²) in [4.78, 5) is 11.0. The first-order valence-electron chi connectivity index (χ1n) is 3.97. The van der Waals surface area contributed by atoms with Crippen molar-refractivity contribution < 1.29 is 14.3 Å². The van der Waals surface area contributed by atoms with Gasteiger partial charge in [0.2, 0.25) is 0 Å². The predicted molar refractivity (Wildman–Crippen MR) is 52.6 cm³/mol. The third-order valence-electron chi connectivity index (χ3n) is 1.82. The van der Waals surface area contributed by atoms with E-state index in [-0.39, 0.29) is 5.56 Å². The van der Waals surface area contributed by atoms with Crippen LogP contribution in [0.5, 0.6) is 11.5 Å². The van der Waals surface area contributed by atoms with Crippen molar-refractivity contribution in [3.63, 3.8) is 0 Å². The lowest BCUT2D eigenvalue weighted by atomic mass is 10.2. The summed E-state index contributed by atoms with van der Waals surface area (Å²) >= 11 is 11.2. The lowest BCUT2D eigenvalue weighted by Gasteiger charge is -2.20. The van der Waals surface area contributed by atoms with E-state index in [1.54, 1.807) is 6.07 Å². The van der Waals surface area contributed by atoms with E-state index < -0.39 is 5.24 Å². The molecule has 0 amide bonds. The Hall–Kier alpha value is -0.930. The molecule has 1 aromatic carbocycles. The molecule has 0 unspecified atom stereocenters. The van der Waals surface area contributed by atoms with Crippen molar-refractivity contribution in [1.82, 2.24) is 0 Å². The van der Waals surface area contributed by atoms with Crippen LogP contribution in [0.1, 0.15) is 10.4 Å². The van der Waals surface area contributed by atoms with Gasteiger partial charge in [0.1, 0.15) is 13.2 Å². The van der Waals surface area contributed by atoms with Crippen LogP contribution in [0.2, 0.25) is 5.02 Å². The van der Waals surface area contributed by atoms with Gasteiger partial charge in [-0.25, -0.2) is 0 Å². The highest BCUT2D eigenvalue weighted by molar-refractivity contribution is 6.68. The normalized spacial score (nSPS) is 13.9. The lowest BCUT2D eigenvalue weighted by Crippen LogP contribution is -2.17. The quantitative estimate of drug-likeness (QED) is 0.699. The van der Waals surface area contributed by atoms with E-state index in [0.717, 1.165) is 0 Å². The maximum Gasteiger partial charge on any atom is 0.256 e. The molecule has 2 rings (SSSR count). The van der Waals surface area contributed by atoms with Gasteiger partial charge in [-0.05, 0) is 17.7 Å². The van der Waals surface area contributed by atoms with Gasteiger partial charge in [-0.3, -0.25) is 4.79 Å². The second-order valence-corrected chi connectivity index (χ2v) is 3.53. The average Bonchev–Trinajstić information content (AvgIpc) is 2.16. The van der Waals surface area contributed by atoms with E-state index >= 15 is 0 Å². The van der Waals surface area contributed by atoms with Crippen LogP contribution < -0.4 is 9.47 Å². The standard InChI is InChI=1S/C9H6Cl2O3/c10-5-3-6(9(11)12)8-7(4-5)13-1-2-14-8/h3-4H,1-2H2. The molecule has 0 spiro atoms. The minimum atomic E-state index is -0.603. The number of carbonyl (C=O) groups excluding carboxylic acids is 1. The van der Waals surface area contributed by atoms with Gasteiger partial charge in [0, 0.05) is 11.1 Å². The Morgan fingerprint density at radius 2 is 2.00 bits per heavy atom. The molecule has 0 aliphatic carbocycles. The van der Waals surface area contributed by atoms with E-state index in [1.165, 1.54) is 6.07 Å². The monoisotopic (exact) mass is 232 g/mol. The number of benzene rings is 1. The van der Waals surface area contributed by atoms with Crippen molar-refractivity contribution in [2.45, 2.75) is 0 Å². The van der Waals surface area contributed by atoms with Crippen LogP contribution in [0.25, 0.3) is 0 Å². The number of ether oxygens (including phenoxy) is 2. The van der Waals surface area contributed by atoms with Crippen molar-refractivity contribution in [2.24, 2.45) is 0 Å². The molecule has 0 saturated heterocycles. The number of fused-ring (bicyclic) bond motifs is 1. The van der Waals surface area contributed by atoms with Gasteiger partial charge >= 0.3 is 0 Å². The van der Waals surface area contributed by atoms with E-state index in [4.69, 9.17) is 32.7 Å². The number of halogens is 2. The second kappa shape index (κ2) is 3.67. The molecule has 14 heavy (non-hydrogen) atoms. The Labute approximate surface area is 90.5 Å². The molecule has 0 saturated carbocycles. The van der Waals surface area contributed by atoms with Crippen LogP contribution in [-0.2, 0) is 0 Å². The fraction of sp³-hybridized carbons (Fsp3) is 0.222. The zero-order valence-corrected chi connectivity index (χ0v) is 8.56. The van der Waals surface area contributed by atoms with Gasteiger partial charge < -0.3 is 9.47 Å². The molecule has 74 valence electrons. The topological polar surface area (TPSA) is 35.5 Å². The van der Waals surface area contributed by atoms with E-state index in [1.807, 2.05) is 0 Å².